The van der Waals surface area contributed by atoms with Crippen molar-refractivity contribution in [2.24, 2.45) is 0 Å². The molecule has 2 heterocycles. The zero-order valence-electron chi connectivity index (χ0n) is 32.1. The number of methoxy groups -OCH3 is 8. The minimum Gasteiger partial charge on any atom is -0.497 e. The van der Waals surface area contributed by atoms with Crippen LogP contribution < -0.4 is 77.8 Å². The molecule has 1 aromatic heterocycles. The molecule has 15 nitrogen and oxygen atoms in total. The summed E-state index contributed by atoms with van der Waals surface area (Å²) in [5.41, 5.74) is 17.0. The Labute approximate surface area is 352 Å². The average molecular weight is 843 g/mol. The summed E-state index contributed by atoms with van der Waals surface area (Å²) in [5.74, 6) is 3.99. The molecule has 0 fully saturated rings. The zero-order chi connectivity index (χ0) is 40.2. The monoisotopic (exact) mass is 841 g/mol. The van der Waals surface area contributed by atoms with E-state index >= 15 is 0 Å². The number of fused-ring (bicyclic) bond motifs is 2. The molecule has 0 bridgehead atoms. The van der Waals surface area contributed by atoms with Crippen LogP contribution in [0.15, 0.2) is 82.0 Å². The molecule has 0 radical (unpaired) electrons. The Morgan fingerprint density at radius 2 is 1.09 bits per heavy atom. The maximum atomic E-state index is 12.5. The summed E-state index contributed by atoms with van der Waals surface area (Å²) in [5, 5.41) is -0.168. The fourth-order valence-corrected chi connectivity index (χ4v) is 5.99. The minimum atomic E-state index is -0.848. The molecule has 1 unspecified atom stereocenters. The van der Waals surface area contributed by atoms with Gasteiger partial charge in [-0.3, -0.25) is 9.71 Å². The Hall–Kier alpha value is -5.51. The van der Waals surface area contributed by atoms with Gasteiger partial charge >= 0.3 is 35.2 Å². The number of nitrogens with zero attached hydrogens (tertiary/aromatic N) is 3. The summed E-state index contributed by atoms with van der Waals surface area (Å²) in [6.07, 6.45) is 1.54. The maximum Gasteiger partial charge on any atom is 1.00 e. The predicted octanol–water partition coefficient (Wildman–Crippen LogP) is 5.20. The molecule has 0 spiro atoms. The number of benzene rings is 4. The third kappa shape index (κ3) is 9.64. The normalized spacial score (nSPS) is 12.5. The Balaban J connectivity index is 0.000000277. The molecule has 0 N–H and O–H groups in total. The molecule has 4 aromatic carbocycles. The van der Waals surface area contributed by atoms with Crippen molar-refractivity contribution < 1.29 is 81.4 Å². The number of rotatable bonds is 10. The Morgan fingerprint density at radius 1 is 0.607 bits per heavy atom. The van der Waals surface area contributed by atoms with Gasteiger partial charge in [-0.15, -0.1) is 0 Å². The van der Waals surface area contributed by atoms with Gasteiger partial charge in [0.1, 0.15) is 11.5 Å². The van der Waals surface area contributed by atoms with E-state index in [1.807, 2.05) is 48.5 Å². The van der Waals surface area contributed by atoms with Crippen molar-refractivity contribution in [3.05, 3.63) is 110 Å². The van der Waals surface area contributed by atoms with Gasteiger partial charge in [0.25, 0.3) is 0 Å². The van der Waals surface area contributed by atoms with Gasteiger partial charge in [0.05, 0.1) is 56.9 Å². The molecule has 288 valence electrons. The Bertz CT molecular complexity index is 2270. The van der Waals surface area contributed by atoms with Crippen molar-refractivity contribution >= 4 is 38.3 Å². The molecular weight excluding hydrogens is 805 g/mol. The number of carbonyl (C=O) groups is 1. The number of alkyl halides is 1. The molecule has 5 aromatic rings. The summed E-state index contributed by atoms with van der Waals surface area (Å²) >= 11 is 3.28. The largest absolute Gasteiger partial charge is 1.00 e. The third-order valence-electron chi connectivity index (χ3n) is 8.15. The summed E-state index contributed by atoms with van der Waals surface area (Å²) in [4.78, 5) is 26.1. The predicted molar refractivity (Wildman–Crippen MR) is 209 cm³/mol. The summed E-state index contributed by atoms with van der Waals surface area (Å²) in [6, 6.07) is 19.8. The van der Waals surface area contributed by atoms with Gasteiger partial charge in [-0.1, -0.05) is 24.3 Å². The van der Waals surface area contributed by atoms with Gasteiger partial charge in [0, 0.05) is 22.6 Å². The van der Waals surface area contributed by atoms with Gasteiger partial charge in [-0.2, -0.15) is 0 Å². The number of ether oxygens (including phenoxy) is 9. The summed E-state index contributed by atoms with van der Waals surface area (Å²) in [6.45, 7) is 0. The van der Waals surface area contributed by atoms with Gasteiger partial charge < -0.3 is 58.1 Å². The van der Waals surface area contributed by atoms with E-state index in [1.165, 1.54) is 53.6 Å². The van der Waals surface area contributed by atoms with E-state index in [0.717, 1.165) is 22.6 Å². The van der Waals surface area contributed by atoms with E-state index in [1.54, 1.807) is 32.4 Å². The fourth-order valence-electron chi connectivity index (χ4n) is 5.67. The first-order chi connectivity index (χ1) is 26.6. The van der Waals surface area contributed by atoms with E-state index < -0.39 is 10.6 Å². The second-order valence-corrected chi connectivity index (χ2v) is 11.8. The maximum absolute atomic E-state index is 12.5. The average Bonchev–Trinajstić information content (AvgIpc) is 3.34. The van der Waals surface area contributed by atoms with Crippen molar-refractivity contribution in [2.75, 3.05) is 56.9 Å². The number of halogens is 1. The van der Waals surface area contributed by atoms with Crippen LogP contribution in [-0.4, -0.2) is 67.7 Å². The molecule has 6 rings (SSSR count). The fraction of sp³-hybridized carbons (Fsp3) is 0.231. The smallest absolute Gasteiger partial charge is 0.497 e. The Morgan fingerprint density at radius 3 is 1.57 bits per heavy atom. The number of carbonyl (C=O) groups excluding carboxylic acids is 1. The van der Waals surface area contributed by atoms with E-state index in [-0.39, 0.29) is 35.3 Å². The summed E-state index contributed by atoms with van der Waals surface area (Å²) in [7, 11) is 12.3. The Kier molecular flexibility index (Phi) is 16.8. The number of ketones is 1. The van der Waals surface area contributed by atoms with Crippen LogP contribution >= 0.6 is 15.9 Å². The van der Waals surface area contributed by atoms with Crippen LogP contribution in [0.5, 0.6) is 51.7 Å². The minimum absolute atomic E-state index is 0. The van der Waals surface area contributed by atoms with Gasteiger partial charge in [0.15, 0.2) is 22.8 Å². The van der Waals surface area contributed by atoms with Crippen molar-refractivity contribution in [3.8, 4) is 62.9 Å². The van der Waals surface area contributed by atoms with Crippen LogP contribution in [0.2, 0.25) is 0 Å². The molecule has 0 amide bonds. The van der Waals surface area contributed by atoms with E-state index in [2.05, 4.69) is 15.9 Å². The number of hydrogen-bond donors (Lipinski definition) is 0. The molecule has 0 saturated carbocycles. The van der Waals surface area contributed by atoms with Crippen LogP contribution in [0, 0.1) is 0 Å². The van der Waals surface area contributed by atoms with Crippen LogP contribution in [-0.2, 0) is 4.79 Å². The molecule has 1 aliphatic heterocycles. The topological polar surface area (TPSA) is 189 Å². The molecule has 17 heteroatoms. The van der Waals surface area contributed by atoms with Gasteiger partial charge in [-0.25, -0.2) is 4.79 Å². The van der Waals surface area contributed by atoms with Crippen molar-refractivity contribution in [2.45, 2.75) is 5.01 Å². The van der Waals surface area contributed by atoms with Gasteiger partial charge in [0.2, 0.25) is 33.8 Å². The van der Waals surface area contributed by atoms with Crippen LogP contribution in [0.4, 0.5) is 0 Å². The molecule has 56 heavy (non-hydrogen) atoms. The van der Waals surface area contributed by atoms with Crippen molar-refractivity contribution in [1.82, 2.24) is 0 Å². The third-order valence-corrected chi connectivity index (χ3v) is 8.79. The second kappa shape index (κ2) is 21.0. The van der Waals surface area contributed by atoms with Gasteiger partial charge in [-0.05, 0) is 75.1 Å². The van der Waals surface area contributed by atoms with Crippen molar-refractivity contribution in [1.29, 1.82) is 0 Å². The van der Waals surface area contributed by atoms with E-state index in [9.17, 15) is 9.59 Å². The molecular formula is C39H37BrN3NaO12. The van der Waals surface area contributed by atoms with E-state index in [0.29, 0.717) is 67.9 Å². The molecule has 1 atom stereocenters. The molecule has 0 saturated heterocycles. The molecule has 0 aliphatic carbocycles. The zero-order valence-corrected chi connectivity index (χ0v) is 35.7. The first kappa shape index (κ1) is 44.9. The SMILES string of the molecule is COc1ccc(-c2cc(=O)oc3c(OC)c(OC)c(OC)cc23)cc1.COc1ccc(C2=CC(=O)C(Br)Oc3c2cc(OC)c(OC)c3OC)cc1.[N-]=[N+]=[N-].[Na+]. The quantitative estimate of drug-likeness (QED) is 0.0447. The van der Waals surface area contributed by atoms with Crippen LogP contribution in [0.1, 0.15) is 11.1 Å². The molecule has 1 aliphatic rings. The second-order valence-electron chi connectivity index (χ2n) is 11.0. The summed E-state index contributed by atoms with van der Waals surface area (Å²) < 4.78 is 54.2. The standard InChI is InChI=1S/C20H19BrO6.C19H18O6.N3.Na/c1-23-12-7-5-11(6-8-12)13-9-15(22)20(21)27-17-14(13)10-16(24-2)18(25-3)19(17)26-4;1-21-12-7-5-11(6-8-12)13-10-16(20)25-17-14(13)9-15(22-2)18(23-3)19(17)24-4;1-3-2;/h5-10,20H,1-4H3;5-10H,1-4H3;;/q;;-1;+1. The van der Waals surface area contributed by atoms with Crippen molar-refractivity contribution in [3.63, 3.8) is 0 Å². The van der Waals surface area contributed by atoms with Crippen LogP contribution in [0.3, 0.4) is 0 Å². The number of hydrogen-bond acceptors (Lipinski definition) is 12. The van der Waals surface area contributed by atoms with Crippen LogP contribution in [0.25, 0.3) is 43.6 Å². The first-order valence-corrected chi connectivity index (χ1v) is 16.9. The van der Waals surface area contributed by atoms with E-state index in [4.69, 9.17) is 58.1 Å². The first-order valence-electron chi connectivity index (χ1n) is 16.0.